The van der Waals surface area contributed by atoms with E-state index in [-0.39, 0.29) is 11.9 Å². The molecule has 3 aromatic rings. The third kappa shape index (κ3) is 4.62. The molecule has 1 unspecified atom stereocenters. The molecule has 1 aliphatic heterocycles. The molecular formula is C26H25FO4. The molecule has 3 aromatic carbocycles. The Kier molecular flexibility index (Phi) is 6.05. The highest BCUT2D eigenvalue weighted by atomic mass is 19.1. The summed E-state index contributed by atoms with van der Waals surface area (Å²) in [5.41, 5.74) is 5.66. The molecule has 0 saturated carbocycles. The van der Waals surface area contributed by atoms with Crippen LogP contribution in [0.1, 0.15) is 35.3 Å². The van der Waals surface area contributed by atoms with Crippen molar-refractivity contribution in [2.75, 3.05) is 7.11 Å². The number of methoxy groups -OCH3 is 1. The first-order chi connectivity index (χ1) is 14.9. The monoisotopic (exact) mass is 420 g/mol. The van der Waals surface area contributed by atoms with Crippen LogP contribution in [0.4, 0.5) is 4.39 Å². The summed E-state index contributed by atoms with van der Waals surface area (Å²) in [6.07, 6.45) is 1.13. The van der Waals surface area contributed by atoms with E-state index < -0.39 is 11.9 Å². The smallest absolute Gasteiger partial charge is 0.306 e. The van der Waals surface area contributed by atoms with Crippen molar-refractivity contribution in [3.63, 3.8) is 0 Å². The van der Waals surface area contributed by atoms with E-state index in [1.54, 1.807) is 26.2 Å². The fourth-order valence-corrected chi connectivity index (χ4v) is 3.97. The first-order valence-electron chi connectivity index (χ1n) is 10.3. The number of aliphatic carboxylic acids is 1. The van der Waals surface area contributed by atoms with Crippen molar-refractivity contribution in [1.82, 2.24) is 0 Å². The Morgan fingerprint density at radius 3 is 2.61 bits per heavy atom. The molecule has 31 heavy (non-hydrogen) atoms. The molecule has 0 bridgehead atoms. The van der Waals surface area contributed by atoms with Crippen molar-refractivity contribution in [2.45, 2.75) is 32.5 Å². The van der Waals surface area contributed by atoms with E-state index in [0.717, 1.165) is 28.7 Å². The Bertz CT molecular complexity index is 1090. The van der Waals surface area contributed by atoms with Gasteiger partial charge in [-0.25, -0.2) is 4.39 Å². The lowest BCUT2D eigenvalue weighted by atomic mass is 9.91. The number of carboxylic acid groups (broad SMARTS) is 1. The standard InChI is InChI=1S/C26H25FO4/c1-16(26(28)29)11-17-3-4-20-15-31-25(13-21(20)12-17)19-7-5-18(6-8-19)23-14-22(30-2)9-10-24(23)27/h3-10,12,14,16,25H,11,13,15H2,1-2H3,(H,28,29)/t16-,25?/m0/s1. The number of rotatable bonds is 6. The summed E-state index contributed by atoms with van der Waals surface area (Å²) in [5, 5.41) is 9.17. The van der Waals surface area contributed by atoms with Crippen LogP contribution in [0.25, 0.3) is 11.1 Å². The minimum absolute atomic E-state index is 0.0937. The maximum atomic E-state index is 14.3. The van der Waals surface area contributed by atoms with Gasteiger partial charge in [-0.3, -0.25) is 4.79 Å². The number of hydrogen-bond donors (Lipinski definition) is 1. The Morgan fingerprint density at radius 1 is 1.13 bits per heavy atom. The second-order valence-corrected chi connectivity index (χ2v) is 8.02. The average molecular weight is 420 g/mol. The number of benzene rings is 3. The lowest BCUT2D eigenvalue weighted by Gasteiger charge is -2.26. The summed E-state index contributed by atoms with van der Waals surface area (Å²) < 4.78 is 25.6. The van der Waals surface area contributed by atoms with Gasteiger partial charge in [-0.15, -0.1) is 0 Å². The van der Waals surface area contributed by atoms with Gasteiger partial charge in [0.2, 0.25) is 0 Å². The maximum Gasteiger partial charge on any atom is 0.306 e. The number of carbonyl (C=O) groups is 1. The average Bonchev–Trinajstić information content (AvgIpc) is 2.79. The lowest BCUT2D eigenvalue weighted by molar-refractivity contribution is -0.141. The van der Waals surface area contributed by atoms with Crippen LogP contribution in [-0.4, -0.2) is 18.2 Å². The number of halogens is 1. The van der Waals surface area contributed by atoms with Gasteiger partial charge < -0.3 is 14.6 Å². The van der Waals surface area contributed by atoms with Crippen LogP contribution >= 0.6 is 0 Å². The summed E-state index contributed by atoms with van der Waals surface area (Å²) in [5.74, 6) is -0.884. The molecule has 4 rings (SSSR count). The van der Waals surface area contributed by atoms with Crippen LogP contribution in [0.5, 0.6) is 5.75 Å². The van der Waals surface area contributed by atoms with Crippen LogP contribution in [0.15, 0.2) is 60.7 Å². The van der Waals surface area contributed by atoms with Crippen LogP contribution in [0.2, 0.25) is 0 Å². The zero-order chi connectivity index (χ0) is 22.0. The van der Waals surface area contributed by atoms with Gasteiger partial charge in [0.1, 0.15) is 11.6 Å². The summed E-state index contributed by atoms with van der Waals surface area (Å²) >= 11 is 0. The van der Waals surface area contributed by atoms with E-state index in [4.69, 9.17) is 9.47 Å². The Morgan fingerprint density at radius 2 is 1.90 bits per heavy atom. The van der Waals surface area contributed by atoms with E-state index in [9.17, 15) is 14.3 Å². The molecule has 0 aliphatic carbocycles. The van der Waals surface area contributed by atoms with Gasteiger partial charge in [-0.05, 0) is 52.4 Å². The third-order valence-electron chi connectivity index (χ3n) is 5.85. The Balaban J connectivity index is 1.52. The molecule has 1 N–H and O–H groups in total. The number of ether oxygens (including phenoxy) is 2. The van der Waals surface area contributed by atoms with Crippen LogP contribution in [-0.2, 0) is 29.0 Å². The van der Waals surface area contributed by atoms with E-state index in [1.165, 1.54) is 11.6 Å². The molecule has 5 heteroatoms. The van der Waals surface area contributed by atoms with Crippen molar-refractivity contribution in [2.24, 2.45) is 5.92 Å². The third-order valence-corrected chi connectivity index (χ3v) is 5.85. The second-order valence-electron chi connectivity index (χ2n) is 8.02. The molecular weight excluding hydrogens is 395 g/mol. The summed E-state index contributed by atoms with van der Waals surface area (Å²) in [4.78, 5) is 11.2. The molecule has 160 valence electrons. The highest BCUT2D eigenvalue weighted by molar-refractivity contribution is 5.70. The molecule has 0 saturated heterocycles. The molecule has 0 spiro atoms. The molecule has 2 atom stereocenters. The summed E-state index contributed by atoms with van der Waals surface area (Å²) in [7, 11) is 1.56. The van der Waals surface area contributed by atoms with Crippen LogP contribution in [0, 0.1) is 11.7 Å². The van der Waals surface area contributed by atoms with Gasteiger partial charge in [-0.2, -0.15) is 0 Å². The van der Waals surface area contributed by atoms with E-state index in [0.29, 0.717) is 24.3 Å². The SMILES string of the molecule is COc1ccc(F)c(-c2ccc(C3Cc4cc(C[C@H](C)C(=O)O)ccc4CO3)cc2)c1. The second kappa shape index (κ2) is 8.90. The predicted molar refractivity (Wildman–Crippen MR) is 117 cm³/mol. The van der Waals surface area contributed by atoms with Crippen LogP contribution in [0.3, 0.4) is 0 Å². The molecule has 1 heterocycles. The first kappa shape index (κ1) is 21.1. The van der Waals surface area contributed by atoms with Gasteiger partial charge in [-0.1, -0.05) is 49.4 Å². The van der Waals surface area contributed by atoms with Gasteiger partial charge in [0.25, 0.3) is 0 Å². The molecule has 4 nitrogen and oxygen atoms in total. The maximum absolute atomic E-state index is 14.3. The van der Waals surface area contributed by atoms with Crippen molar-refractivity contribution in [3.05, 3.63) is 88.7 Å². The fraction of sp³-hybridized carbons (Fsp3) is 0.269. The highest BCUT2D eigenvalue weighted by Gasteiger charge is 2.22. The van der Waals surface area contributed by atoms with Crippen molar-refractivity contribution < 1.29 is 23.8 Å². The molecule has 0 amide bonds. The van der Waals surface area contributed by atoms with E-state index in [1.807, 2.05) is 36.4 Å². The van der Waals surface area contributed by atoms with E-state index in [2.05, 4.69) is 6.07 Å². The normalized spacial score (nSPS) is 16.4. The van der Waals surface area contributed by atoms with Crippen molar-refractivity contribution in [3.8, 4) is 16.9 Å². The van der Waals surface area contributed by atoms with E-state index >= 15 is 0 Å². The fourth-order valence-electron chi connectivity index (χ4n) is 3.97. The highest BCUT2D eigenvalue weighted by Crippen LogP contribution is 2.33. The number of carboxylic acids is 1. The summed E-state index contributed by atoms with van der Waals surface area (Å²) in [6, 6.07) is 18.6. The molecule has 1 aliphatic rings. The number of hydrogen-bond acceptors (Lipinski definition) is 3. The topological polar surface area (TPSA) is 55.8 Å². The Hall–Kier alpha value is -3.18. The molecule has 0 aromatic heterocycles. The molecule has 0 fully saturated rings. The minimum atomic E-state index is -0.786. The van der Waals surface area contributed by atoms with Gasteiger partial charge in [0, 0.05) is 12.0 Å². The summed E-state index contributed by atoms with van der Waals surface area (Å²) in [6.45, 7) is 2.24. The van der Waals surface area contributed by atoms with Gasteiger partial charge in [0.15, 0.2) is 0 Å². The largest absolute Gasteiger partial charge is 0.497 e. The Labute approximate surface area is 181 Å². The first-order valence-corrected chi connectivity index (χ1v) is 10.3. The van der Waals surface area contributed by atoms with Gasteiger partial charge >= 0.3 is 5.97 Å². The van der Waals surface area contributed by atoms with Crippen molar-refractivity contribution in [1.29, 1.82) is 0 Å². The predicted octanol–water partition coefficient (Wildman–Crippen LogP) is 5.58. The van der Waals surface area contributed by atoms with Crippen LogP contribution < -0.4 is 4.74 Å². The minimum Gasteiger partial charge on any atom is -0.497 e. The lowest BCUT2D eigenvalue weighted by Crippen LogP contribution is -2.17. The van der Waals surface area contributed by atoms with Crippen molar-refractivity contribution >= 4 is 5.97 Å². The zero-order valence-corrected chi connectivity index (χ0v) is 17.6. The number of fused-ring (bicyclic) bond motifs is 1. The molecule has 0 radical (unpaired) electrons. The quantitative estimate of drug-likeness (QED) is 0.566. The van der Waals surface area contributed by atoms with Gasteiger partial charge in [0.05, 0.1) is 25.7 Å². The zero-order valence-electron chi connectivity index (χ0n) is 17.6.